The number of nitrogens with zero attached hydrogens (tertiary/aromatic N) is 2. The lowest BCUT2D eigenvalue weighted by atomic mass is 9.93. The third-order valence-electron chi connectivity index (χ3n) is 10.4. The molecule has 0 heterocycles. The van der Waals surface area contributed by atoms with E-state index in [-0.39, 0.29) is 11.8 Å². The Bertz CT molecular complexity index is 2590. The van der Waals surface area contributed by atoms with Crippen LogP contribution >= 0.6 is 0 Å². The van der Waals surface area contributed by atoms with Crippen LogP contribution in [0.5, 0.6) is 5.75 Å². The number of aryl methyl sites for hydroxylation is 1. The number of hydrogen-bond donors (Lipinski definition) is 1. The summed E-state index contributed by atoms with van der Waals surface area (Å²) in [6.45, 7) is 2.18. The summed E-state index contributed by atoms with van der Waals surface area (Å²) in [4.78, 5) is 4.72. The Balaban J connectivity index is 1.07. The summed E-state index contributed by atoms with van der Waals surface area (Å²) in [5, 5.41) is 17.7. The summed E-state index contributed by atoms with van der Waals surface area (Å²) in [6, 6.07) is 60.0. The fourth-order valence-electron chi connectivity index (χ4n) is 7.83. The maximum Gasteiger partial charge on any atom is 0.115 e. The number of hydrogen-bond acceptors (Lipinski definition) is 3. The minimum absolute atomic E-state index is 0.206. The van der Waals surface area contributed by atoms with E-state index in [0.29, 0.717) is 0 Å². The molecule has 1 aliphatic rings. The predicted molar refractivity (Wildman–Crippen MR) is 221 cm³/mol. The molecule has 8 aromatic rings. The summed E-state index contributed by atoms with van der Waals surface area (Å²) in [6.07, 6.45) is 7.88. The van der Waals surface area contributed by atoms with Gasteiger partial charge >= 0.3 is 0 Å². The van der Waals surface area contributed by atoms with Gasteiger partial charge in [-0.05, 0) is 129 Å². The molecule has 1 N–H and O–H groups in total. The van der Waals surface area contributed by atoms with Gasteiger partial charge in [-0.2, -0.15) is 0 Å². The summed E-state index contributed by atoms with van der Waals surface area (Å²) in [7, 11) is 0. The molecule has 3 nitrogen and oxygen atoms in total. The third kappa shape index (κ3) is 5.67. The molecule has 9 rings (SSSR count). The standard InChI is InChI=1S/C49H38N2O/c1-34-11-5-10-18-49(34)51(37-12-3-2-4-13-37)40-25-21-36(22-26-40)35-19-23-38(24-20-35)50(39-27-30-42(52)31-28-39)41-29-32-47-45-16-7-6-14-43(45)44-15-8-9-17-46(44)48(47)33-41/h2-25,27-33,40,52H,26H2,1H3. The molecule has 0 amide bonds. The molecule has 0 aromatic heterocycles. The maximum atomic E-state index is 10.2. The molecule has 0 fully saturated rings. The van der Waals surface area contributed by atoms with Crippen LogP contribution in [0, 0.1) is 6.92 Å². The van der Waals surface area contributed by atoms with Crippen molar-refractivity contribution < 1.29 is 5.11 Å². The average molecular weight is 671 g/mol. The first-order valence-electron chi connectivity index (χ1n) is 17.9. The second-order valence-corrected chi connectivity index (χ2v) is 13.5. The minimum atomic E-state index is 0.206. The van der Waals surface area contributed by atoms with Crippen LogP contribution in [0.2, 0.25) is 0 Å². The zero-order chi connectivity index (χ0) is 35.0. The number of para-hydroxylation sites is 2. The number of anilines is 5. The Hall–Kier alpha value is -6.58. The SMILES string of the molecule is Cc1ccccc1N(c1ccccc1)C1C=CC(c2ccc(N(c3ccc(O)cc3)c3ccc4c5ccccc5c5ccccc5c4c3)cc2)=CC1. The van der Waals surface area contributed by atoms with Crippen molar-refractivity contribution in [1.82, 2.24) is 0 Å². The fraction of sp³-hybridized carbons (Fsp3) is 0.0612. The van der Waals surface area contributed by atoms with E-state index in [1.165, 1.54) is 60.4 Å². The lowest BCUT2D eigenvalue weighted by molar-refractivity contribution is 0.475. The van der Waals surface area contributed by atoms with Gasteiger partial charge in [0.1, 0.15) is 5.75 Å². The van der Waals surface area contributed by atoms with Gasteiger partial charge in [0, 0.05) is 28.4 Å². The van der Waals surface area contributed by atoms with Crippen LogP contribution in [0.25, 0.3) is 37.9 Å². The predicted octanol–water partition coefficient (Wildman–Crippen LogP) is 13.2. The van der Waals surface area contributed by atoms with E-state index >= 15 is 0 Å². The van der Waals surface area contributed by atoms with Crippen molar-refractivity contribution in [1.29, 1.82) is 0 Å². The van der Waals surface area contributed by atoms with Crippen molar-refractivity contribution in [2.75, 3.05) is 9.80 Å². The summed E-state index contributed by atoms with van der Waals surface area (Å²) in [5.74, 6) is 0.248. The second kappa shape index (κ2) is 13.3. The molecule has 3 heteroatoms. The molecule has 0 radical (unpaired) electrons. The van der Waals surface area contributed by atoms with Gasteiger partial charge in [0.05, 0.1) is 6.04 Å². The monoisotopic (exact) mass is 670 g/mol. The summed E-state index contributed by atoms with van der Waals surface area (Å²) < 4.78 is 0. The smallest absolute Gasteiger partial charge is 0.115 e. The highest BCUT2D eigenvalue weighted by atomic mass is 16.3. The van der Waals surface area contributed by atoms with Crippen LogP contribution in [0.3, 0.4) is 0 Å². The number of phenolic OH excluding ortho intramolecular Hbond substituents is 1. The molecule has 0 bridgehead atoms. The van der Waals surface area contributed by atoms with E-state index in [1.807, 2.05) is 12.1 Å². The molecule has 0 aliphatic heterocycles. The molecule has 1 aliphatic carbocycles. The van der Waals surface area contributed by atoms with Crippen molar-refractivity contribution in [2.24, 2.45) is 0 Å². The van der Waals surface area contributed by atoms with Crippen LogP contribution in [0.4, 0.5) is 28.4 Å². The number of benzene rings is 8. The number of phenols is 1. The second-order valence-electron chi connectivity index (χ2n) is 13.5. The van der Waals surface area contributed by atoms with Crippen molar-refractivity contribution in [3.63, 3.8) is 0 Å². The van der Waals surface area contributed by atoms with Crippen LogP contribution < -0.4 is 9.80 Å². The molecule has 250 valence electrons. The van der Waals surface area contributed by atoms with Crippen molar-refractivity contribution in [2.45, 2.75) is 19.4 Å². The summed E-state index contributed by atoms with van der Waals surface area (Å²) in [5.41, 5.74) is 9.17. The first kappa shape index (κ1) is 31.4. The van der Waals surface area contributed by atoms with Crippen molar-refractivity contribution in [3.8, 4) is 5.75 Å². The summed E-state index contributed by atoms with van der Waals surface area (Å²) >= 11 is 0. The molecular formula is C49H38N2O. The van der Waals surface area contributed by atoms with Gasteiger partial charge in [-0.3, -0.25) is 0 Å². The largest absolute Gasteiger partial charge is 0.508 e. The van der Waals surface area contributed by atoms with Gasteiger partial charge in [-0.1, -0.05) is 121 Å². The highest BCUT2D eigenvalue weighted by Crippen LogP contribution is 2.42. The van der Waals surface area contributed by atoms with E-state index in [1.54, 1.807) is 12.1 Å². The Morgan fingerprint density at radius 1 is 0.500 bits per heavy atom. The Morgan fingerprint density at radius 2 is 1.04 bits per heavy atom. The maximum absolute atomic E-state index is 10.2. The van der Waals surface area contributed by atoms with E-state index < -0.39 is 0 Å². The number of rotatable bonds is 7. The highest BCUT2D eigenvalue weighted by molar-refractivity contribution is 6.25. The molecule has 52 heavy (non-hydrogen) atoms. The number of fused-ring (bicyclic) bond motifs is 6. The van der Waals surface area contributed by atoms with Crippen molar-refractivity contribution >= 4 is 66.3 Å². The van der Waals surface area contributed by atoms with E-state index in [4.69, 9.17) is 0 Å². The third-order valence-corrected chi connectivity index (χ3v) is 10.4. The van der Waals surface area contributed by atoms with Gasteiger partial charge in [0.2, 0.25) is 0 Å². The quantitative estimate of drug-likeness (QED) is 0.171. The topological polar surface area (TPSA) is 26.7 Å². The zero-order valence-electron chi connectivity index (χ0n) is 29.0. The van der Waals surface area contributed by atoms with Gasteiger partial charge in [-0.15, -0.1) is 0 Å². The average Bonchev–Trinajstić information content (AvgIpc) is 3.21. The van der Waals surface area contributed by atoms with Crippen molar-refractivity contribution in [3.05, 3.63) is 199 Å². The Labute approximate surface area is 304 Å². The van der Waals surface area contributed by atoms with Crippen LogP contribution in [0.1, 0.15) is 17.5 Å². The number of aromatic hydroxyl groups is 1. The van der Waals surface area contributed by atoms with Gasteiger partial charge in [0.25, 0.3) is 0 Å². The normalized spacial score (nSPS) is 14.1. The zero-order valence-corrected chi connectivity index (χ0v) is 29.0. The first-order chi connectivity index (χ1) is 25.6. The molecule has 0 saturated carbocycles. The minimum Gasteiger partial charge on any atom is -0.508 e. The molecule has 8 aromatic carbocycles. The lowest BCUT2D eigenvalue weighted by Crippen LogP contribution is -2.30. The van der Waals surface area contributed by atoms with Crippen LogP contribution in [-0.4, -0.2) is 11.1 Å². The molecule has 0 spiro atoms. The molecular weight excluding hydrogens is 633 g/mol. The number of allylic oxidation sites excluding steroid dienone is 2. The Kier molecular flexibility index (Phi) is 8.02. The van der Waals surface area contributed by atoms with Gasteiger partial charge in [0.15, 0.2) is 0 Å². The van der Waals surface area contributed by atoms with E-state index in [2.05, 4.69) is 181 Å². The van der Waals surface area contributed by atoms with Gasteiger partial charge in [-0.25, -0.2) is 0 Å². The fourth-order valence-corrected chi connectivity index (χ4v) is 7.83. The van der Waals surface area contributed by atoms with E-state index in [0.717, 1.165) is 23.5 Å². The molecule has 1 unspecified atom stereocenters. The highest BCUT2D eigenvalue weighted by Gasteiger charge is 2.22. The lowest BCUT2D eigenvalue weighted by Gasteiger charge is -2.34. The van der Waals surface area contributed by atoms with E-state index in [9.17, 15) is 5.11 Å². The van der Waals surface area contributed by atoms with Crippen LogP contribution in [-0.2, 0) is 0 Å². The Morgan fingerprint density at radius 3 is 1.65 bits per heavy atom. The first-order valence-corrected chi connectivity index (χ1v) is 17.9. The molecule has 1 atom stereocenters. The van der Waals surface area contributed by atoms with Gasteiger partial charge < -0.3 is 14.9 Å². The molecule has 0 saturated heterocycles. The van der Waals surface area contributed by atoms with Crippen LogP contribution in [0.15, 0.2) is 188 Å².